The van der Waals surface area contributed by atoms with Crippen molar-refractivity contribution >= 4 is 58.1 Å². The molecule has 2 aromatic carbocycles. The number of aromatic nitrogens is 2. The third kappa shape index (κ3) is 4.57. The fourth-order valence-corrected chi connectivity index (χ4v) is 3.89. The van der Waals surface area contributed by atoms with Crippen molar-refractivity contribution in [1.29, 1.82) is 0 Å². The molecular weight excluding hydrogens is 479 g/mol. The van der Waals surface area contributed by atoms with Crippen LogP contribution in [0.4, 0.5) is 11.5 Å². The summed E-state index contributed by atoms with van der Waals surface area (Å²) in [6, 6.07) is 13.5. The summed E-state index contributed by atoms with van der Waals surface area (Å²) in [6.07, 6.45) is 1.39. The van der Waals surface area contributed by atoms with Gasteiger partial charge in [-0.2, -0.15) is 0 Å². The van der Waals surface area contributed by atoms with Crippen molar-refractivity contribution in [2.24, 2.45) is 0 Å². The standard InChI is InChI=1S/C21H13Cl3N4O4/c22-12-8-14(23)19(15(24)9-12)28-18(29)10-17(27-28)26-20(30)11-3-1-4-13(7-11)25-21(31)16-5-2-6-32-16/h1-10,27H,(H,25,31)(H,26,30). The summed E-state index contributed by atoms with van der Waals surface area (Å²) in [5.74, 6) is -0.711. The highest BCUT2D eigenvalue weighted by molar-refractivity contribution is 6.40. The number of furan rings is 1. The van der Waals surface area contributed by atoms with Crippen molar-refractivity contribution in [1.82, 2.24) is 9.78 Å². The average Bonchev–Trinajstić information content (AvgIpc) is 3.38. The van der Waals surface area contributed by atoms with E-state index in [2.05, 4.69) is 15.7 Å². The fourth-order valence-electron chi connectivity index (χ4n) is 2.91. The zero-order valence-electron chi connectivity index (χ0n) is 16.0. The summed E-state index contributed by atoms with van der Waals surface area (Å²) in [5, 5.41) is 8.60. The van der Waals surface area contributed by atoms with E-state index in [-0.39, 0.29) is 32.9 Å². The van der Waals surface area contributed by atoms with Gasteiger partial charge in [0.1, 0.15) is 11.5 Å². The quantitative estimate of drug-likeness (QED) is 0.355. The number of benzene rings is 2. The molecular formula is C21H13Cl3N4O4. The number of hydrogen-bond donors (Lipinski definition) is 3. The summed E-state index contributed by atoms with van der Waals surface area (Å²) in [5.41, 5.74) is 0.347. The number of halogens is 3. The number of H-pyrrole nitrogens is 1. The lowest BCUT2D eigenvalue weighted by molar-refractivity contribution is 0.0993. The Balaban J connectivity index is 1.54. The third-order valence-corrected chi connectivity index (χ3v) is 5.10. The highest BCUT2D eigenvalue weighted by Gasteiger charge is 2.16. The Bertz CT molecular complexity index is 1350. The number of aromatic amines is 1. The average molecular weight is 492 g/mol. The molecule has 0 fully saturated rings. The predicted octanol–water partition coefficient (Wildman–Crippen LogP) is 5.22. The molecule has 11 heteroatoms. The summed E-state index contributed by atoms with van der Waals surface area (Å²) in [4.78, 5) is 37.2. The summed E-state index contributed by atoms with van der Waals surface area (Å²) < 4.78 is 6.14. The molecule has 0 saturated heterocycles. The van der Waals surface area contributed by atoms with E-state index in [1.54, 1.807) is 24.3 Å². The fraction of sp³-hybridized carbons (Fsp3) is 0. The van der Waals surface area contributed by atoms with Crippen molar-refractivity contribution in [3.8, 4) is 5.69 Å². The van der Waals surface area contributed by atoms with E-state index in [1.807, 2.05) is 0 Å². The highest BCUT2D eigenvalue weighted by Crippen LogP contribution is 2.31. The first-order valence-electron chi connectivity index (χ1n) is 9.05. The van der Waals surface area contributed by atoms with Crippen LogP contribution in [-0.4, -0.2) is 21.6 Å². The zero-order valence-corrected chi connectivity index (χ0v) is 18.3. The molecule has 0 spiro atoms. The van der Waals surface area contributed by atoms with Gasteiger partial charge in [-0.3, -0.25) is 19.5 Å². The van der Waals surface area contributed by atoms with Crippen LogP contribution in [0.15, 0.2) is 70.1 Å². The first-order chi connectivity index (χ1) is 15.3. The van der Waals surface area contributed by atoms with Crippen LogP contribution in [0.3, 0.4) is 0 Å². The number of amides is 2. The molecule has 0 bridgehead atoms. The minimum atomic E-state index is -0.513. The van der Waals surface area contributed by atoms with E-state index in [0.717, 1.165) is 4.68 Å². The second-order valence-corrected chi connectivity index (χ2v) is 7.78. The van der Waals surface area contributed by atoms with Gasteiger partial charge in [-0.15, -0.1) is 0 Å². The van der Waals surface area contributed by atoms with E-state index in [4.69, 9.17) is 39.2 Å². The molecule has 0 radical (unpaired) electrons. The first kappa shape index (κ1) is 21.8. The maximum atomic E-state index is 12.7. The molecule has 2 aromatic heterocycles. The molecule has 0 aliphatic rings. The Labute approximate surface area is 195 Å². The topological polar surface area (TPSA) is 109 Å². The van der Waals surface area contributed by atoms with E-state index in [9.17, 15) is 14.4 Å². The molecule has 32 heavy (non-hydrogen) atoms. The van der Waals surface area contributed by atoms with Crippen molar-refractivity contribution in [3.05, 3.63) is 97.6 Å². The van der Waals surface area contributed by atoms with Gasteiger partial charge in [0.2, 0.25) is 0 Å². The van der Waals surface area contributed by atoms with Crippen LogP contribution in [0, 0.1) is 0 Å². The Morgan fingerprint density at radius 3 is 2.34 bits per heavy atom. The molecule has 0 atom stereocenters. The van der Waals surface area contributed by atoms with Crippen molar-refractivity contribution in [2.45, 2.75) is 0 Å². The van der Waals surface area contributed by atoms with Gasteiger partial charge >= 0.3 is 0 Å². The lowest BCUT2D eigenvalue weighted by Gasteiger charge is -2.09. The lowest BCUT2D eigenvalue weighted by Crippen LogP contribution is -2.15. The molecule has 8 nitrogen and oxygen atoms in total. The monoisotopic (exact) mass is 490 g/mol. The number of carbonyl (C=O) groups excluding carboxylic acids is 2. The first-order valence-corrected chi connectivity index (χ1v) is 10.2. The van der Waals surface area contributed by atoms with Crippen LogP contribution < -0.4 is 16.2 Å². The van der Waals surface area contributed by atoms with Crippen LogP contribution in [0.1, 0.15) is 20.9 Å². The van der Waals surface area contributed by atoms with Crippen LogP contribution in [0.25, 0.3) is 5.69 Å². The predicted molar refractivity (Wildman–Crippen MR) is 122 cm³/mol. The minimum Gasteiger partial charge on any atom is -0.459 e. The van der Waals surface area contributed by atoms with Crippen LogP contribution in [0.2, 0.25) is 15.1 Å². The number of nitrogens with zero attached hydrogens (tertiary/aromatic N) is 1. The highest BCUT2D eigenvalue weighted by atomic mass is 35.5. The molecule has 2 heterocycles. The third-order valence-electron chi connectivity index (χ3n) is 4.30. The SMILES string of the molecule is O=C(Nc1cc(=O)n(-c2c(Cl)cc(Cl)cc2Cl)[nH]1)c1cccc(NC(=O)c2ccco2)c1. The van der Waals surface area contributed by atoms with Gasteiger partial charge < -0.3 is 15.1 Å². The van der Waals surface area contributed by atoms with Crippen LogP contribution in [0.5, 0.6) is 0 Å². The second-order valence-electron chi connectivity index (χ2n) is 6.53. The molecule has 162 valence electrons. The summed E-state index contributed by atoms with van der Waals surface area (Å²) >= 11 is 18.3. The summed E-state index contributed by atoms with van der Waals surface area (Å²) in [6.45, 7) is 0. The normalized spacial score (nSPS) is 10.7. The number of nitrogens with one attached hydrogen (secondary N) is 3. The van der Waals surface area contributed by atoms with E-state index < -0.39 is 17.4 Å². The Kier molecular flexibility index (Phi) is 6.09. The van der Waals surface area contributed by atoms with Gasteiger partial charge in [-0.25, -0.2) is 4.68 Å². The molecule has 0 aliphatic carbocycles. The Hall–Kier alpha value is -3.46. The van der Waals surface area contributed by atoms with E-state index in [1.165, 1.54) is 36.6 Å². The number of rotatable bonds is 5. The molecule has 0 unspecified atom stereocenters. The van der Waals surface area contributed by atoms with Gasteiger partial charge in [0.15, 0.2) is 5.76 Å². The largest absolute Gasteiger partial charge is 0.459 e. The Morgan fingerprint density at radius 2 is 1.66 bits per heavy atom. The molecule has 4 aromatic rings. The molecule has 0 aliphatic heterocycles. The van der Waals surface area contributed by atoms with Crippen molar-refractivity contribution in [2.75, 3.05) is 10.6 Å². The maximum Gasteiger partial charge on any atom is 0.291 e. The molecule has 4 rings (SSSR count). The van der Waals surface area contributed by atoms with Crippen molar-refractivity contribution in [3.63, 3.8) is 0 Å². The van der Waals surface area contributed by atoms with Gasteiger partial charge in [0, 0.05) is 22.3 Å². The maximum absolute atomic E-state index is 12.7. The number of carbonyl (C=O) groups is 2. The smallest absolute Gasteiger partial charge is 0.291 e. The second kappa shape index (κ2) is 8.96. The van der Waals surface area contributed by atoms with E-state index >= 15 is 0 Å². The zero-order chi connectivity index (χ0) is 22.8. The molecule has 3 N–H and O–H groups in total. The van der Waals surface area contributed by atoms with Crippen LogP contribution >= 0.6 is 34.8 Å². The van der Waals surface area contributed by atoms with Crippen molar-refractivity contribution < 1.29 is 14.0 Å². The Morgan fingerprint density at radius 1 is 0.906 bits per heavy atom. The summed E-state index contributed by atoms with van der Waals surface area (Å²) in [7, 11) is 0. The van der Waals surface area contributed by atoms with Gasteiger partial charge in [0.25, 0.3) is 17.4 Å². The van der Waals surface area contributed by atoms with E-state index in [0.29, 0.717) is 10.7 Å². The number of hydrogen-bond acceptors (Lipinski definition) is 4. The number of anilines is 2. The van der Waals surface area contributed by atoms with Crippen LogP contribution in [-0.2, 0) is 0 Å². The van der Waals surface area contributed by atoms with Gasteiger partial charge in [-0.05, 0) is 42.5 Å². The lowest BCUT2D eigenvalue weighted by atomic mass is 10.2. The minimum absolute atomic E-state index is 0.118. The van der Waals surface area contributed by atoms with Gasteiger partial charge in [-0.1, -0.05) is 40.9 Å². The molecule has 2 amide bonds. The molecule has 0 saturated carbocycles. The van der Waals surface area contributed by atoms with Gasteiger partial charge in [0.05, 0.1) is 16.3 Å².